The Hall–Kier alpha value is -1.64. The first-order chi connectivity index (χ1) is 7.52. The number of hydrogen-bond donors (Lipinski definition) is 0. The van der Waals surface area contributed by atoms with Crippen molar-refractivity contribution in [1.82, 2.24) is 0 Å². The molecule has 0 heterocycles. The summed E-state index contributed by atoms with van der Waals surface area (Å²) in [6.07, 6.45) is 0.724. The van der Waals surface area contributed by atoms with Gasteiger partial charge in [-0.05, 0) is 30.5 Å². The van der Waals surface area contributed by atoms with Gasteiger partial charge in [-0.15, -0.1) is 0 Å². The zero-order valence-electron chi connectivity index (χ0n) is 9.87. The van der Waals surface area contributed by atoms with Crippen LogP contribution in [0.4, 0.5) is 0 Å². The molecule has 16 heavy (non-hydrogen) atoms. The van der Waals surface area contributed by atoms with Gasteiger partial charge in [-0.1, -0.05) is 18.2 Å². The topological polar surface area (TPSA) is 43.4 Å². The molecule has 0 aromatic heterocycles. The number of methoxy groups -OCH3 is 1. The zero-order chi connectivity index (χ0) is 12.1. The summed E-state index contributed by atoms with van der Waals surface area (Å²) in [7, 11) is 1.38. The van der Waals surface area contributed by atoms with E-state index in [1.165, 1.54) is 7.11 Å². The molecule has 0 fully saturated rings. The average Bonchev–Trinajstić information content (AvgIpc) is 2.21. The molecule has 0 spiro atoms. The highest BCUT2D eigenvalue weighted by atomic mass is 16.5. The molecule has 0 amide bonds. The predicted octanol–water partition coefficient (Wildman–Crippen LogP) is 1.84. The van der Waals surface area contributed by atoms with E-state index in [4.69, 9.17) is 0 Å². The number of Topliss-reactive ketones (excluding diaryl/α,β-unsaturated/α-hetero) is 1. The van der Waals surface area contributed by atoms with Gasteiger partial charge in [0.2, 0.25) is 0 Å². The normalized spacial score (nSPS) is 9.94. The molecule has 0 aliphatic rings. The highest BCUT2D eigenvalue weighted by Crippen LogP contribution is 2.13. The van der Waals surface area contributed by atoms with E-state index in [1.807, 2.05) is 25.1 Å². The molecule has 1 aromatic rings. The molecule has 0 bridgehead atoms. The number of benzene rings is 1. The molecule has 0 radical (unpaired) electrons. The fourth-order valence-electron chi connectivity index (χ4n) is 1.58. The molecule has 0 saturated carbocycles. The quantitative estimate of drug-likeness (QED) is 0.727. The van der Waals surface area contributed by atoms with Gasteiger partial charge in [-0.25, -0.2) is 0 Å². The number of ketones is 1. The Morgan fingerprint density at radius 2 is 1.94 bits per heavy atom. The molecule has 1 rings (SSSR count). The van der Waals surface area contributed by atoms with Gasteiger partial charge < -0.3 is 4.74 Å². The summed E-state index contributed by atoms with van der Waals surface area (Å²) in [5.41, 5.74) is 2.95. The number of ether oxygens (including phenoxy) is 1. The van der Waals surface area contributed by atoms with Crippen LogP contribution in [-0.2, 0) is 27.2 Å². The summed E-state index contributed by atoms with van der Waals surface area (Å²) in [6.45, 7) is 3.50. The maximum absolute atomic E-state index is 11.1. The molecule has 0 aliphatic carbocycles. The second-order valence-electron chi connectivity index (χ2n) is 3.89. The van der Waals surface area contributed by atoms with Crippen molar-refractivity contribution in [2.45, 2.75) is 26.7 Å². The van der Waals surface area contributed by atoms with Crippen LogP contribution in [0.15, 0.2) is 18.2 Å². The number of aryl methyl sites for hydroxylation is 1. The van der Waals surface area contributed by atoms with Crippen LogP contribution in [0.2, 0.25) is 0 Å². The molecule has 3 nitrogen and oxygen atoms in total. The summed E-state index contributed by atoms with van der Waals surface area (Å²) < 4.78 is 4.61. The van der Waals surface area contributed by atoms with Gasteiger partial charge in [0.05, 0.1) is 13.5 Å². The predicted molar refractivity (Wildman–Crippen MR) is 61.3 cm³/mol. The fourth-order valence-corrected chi connectivity index (χ4v) is 1.58. The largest absolute Gasteiger partial charge is 0.469 e. The molecular weight excluding hydrogens is 204 g/mol. The van der Waals surface area contributed by atoms with Crippen molar-refractivity contribution in [3.05, 3.63) is 34.9 Å². The van der Waals surface area contributed by atoms with Crippen LogP contribution in [0.5, 0.6) is 0 Å². The van der Waals surface area contributed by atoms with E-state index in [0.29, 0.717) is 6.42 Å². The van der Waals surface area contributed by atoms with Gasteiger partial charge in [-0.2, -0.15) is 0 Å². The summed E-state index contributed by atoms with van der Waals surface area (Å²) in [5.74, 6) is -0.109. The monoisotopic (exact) mass is 220 g/mol. The second kappa shape index (κ2) is 5.45. The van der Waals surface area contributed by atoms with Gasteiger partial charge in [-0.3, -0.25) is 9.59 Å². The van der Waals surface area contributed by atoms with Crippen LogP contribution >= 0.6 is 0 Å². The molecule has 0 aliphatic heterocycles. The average molecular weight is 220 g/mol. The maximum atomic E-state index is 11.1. The van der Waals surface area contributed by atoms with Crippen molar-refractivity contribution >= 4 is 11.8 Å². The summed E-state index contributed by atoms with van der Waals surface area (Å²) in [6, 6.07) is 5.71. The third kappa shape index (κ3) is 3.50. The minimum absolute atomic E-state index is 0.139. The first-order valence-electron chi connectivity index (χ1n) is 5.17. The standard InChI is InChI=1S/C13H16O3/c1-9-6-11(7-10(2)14)4-5-12(9)8-13(15)16-3/h4-6H,7-8H2,1-3H3. The third-order valence-electron chi connectivity index (χ3n) is 2.42. The van der Waals surface area contributed by atoms with Crippen molar-refractivity contribution in [3.8, 4) is 0 Å². The highest BCUT2D eigenvalue weighted by molar-refractivity contribution is 5.78. The highest BCUT2D eigenvalue weighted by Gasteiger charge is 2.07. The molecule has 0 unspecified atom stereocenters. The Labute approximate surface area is 95.4 Å². The van der Waals surface area contributed by atoms with Crippen LogP contribution in [0.3, 0.4) is 0 Å². The smallest absolute Gasteiger partial charge is 0.309 e. The lowest BCUT2D eigenvalue weighted by molar-refractivity contribution is -0.139. The third-order valence-corrected chi connectivity index (χ3v) is 2.42. The Balaban J connectivity index is 2.83. The van der Waals surface area contributed by atoms with Crippen molar-refractivity contribution in [3.63, 3.8) is 0 Å². The lowest BCUT2D eigenvalue weighted by Gasteiger charge is -2.06. The minimum atomic E-state index is -0.248. The molecule has 1 aromatic carbocycles. The van der Waals surface area contributed by atoms with E-state index < -0.39 is 0 Å². The Kier molecular flexibility index (Phi) is 4.23. The first-order valence-corrected chi connectivity index (χ1v) is 5.17. The van der Waals surface area contributed by atoms with Crippen LogP contribution < -0.4 is 0 Å². The summed E-state index contributed by atoms with van der Waals surface area (Å²) in [4.78, 5) is 22.1. The summed E-state index contributed by atoms with van der Waals surface area (Å²) in [5, 5.41) is 0. The molecule has 86 valence electrons. The van der Waals surface area contributed by atoms with Crippen LogP contribution in [0.25, 0.3) is 0 Å². The Bertz CT molecular complexity index is 408. The molecule has 3 heteroatoms. The Morgan fingerprint density at radius 1 is 1.25 bits per heavy atom. The van der Waals surface area contributed by atoms with Crippen LogP contribution in [-0.4, -0.2) is 18.9 Å². The maximum Gasteiger partial charge on any atom is 0.309 e. The molecule has 0 atom stereocenters. The van der Waals surface area contributed by atoms with Gasteiger partial charge in [0.25, 0.3) is 0 Å². The van der Waals surface area contributed by atoms with Crippen molar-refractivity contribution < 1.29 is 14.3 Å². The van der Waals surface area contributed by atoms with E-state index in [1.54, 1.807) is 6.92 Å². The second-order valence-corrected chi connectivity index (χ2v) is 3.89. The number of carbonyl (C=O) groups excluding carboxylic acids is 2. The number of rotatable bonds is 4. The number of carbonyl (C=O) groups is 2. The van der Waals surface area contributed by atoms with E-state index >= 15 is 0 Å². The van der Waals surface area contributed by atoms with E-state index in [0.717, 1.165) is 16.7 Å². The first kappa shape index (κ1) is 12.4. The van der Waals surface area contributed by atoms with Gasteiger partial charge in [0.15, 0.2) is 0 Å². The van der Waals surface area contributed by atoms with Crippen LogP contribution in [0, 0.1) is 6.92 Å². The molecular formula is C13H16O3. The van der Waals surface area contributed by atoms with Crippen molar-refractivity contribution in [2.75, 3.05) is 7.11 Å². The zero-order valence-corrected chi connectivity index (χ0v) is 9.87. The molecule has 0 saturated heterocycles. The van der Waals surface area contributed by atoms with Crippen molar-refractivity contribution in [1.29, 1.82) is 0 Å². The lowest BCUT2D eigenvalue weighted by atomic mass is 10.0. The minimum Gasteiger partial charge on any atom is -0.469 e. The number of esters is 1. The fraction of sp³-hybridized carbons (Fsp3) is 0.385. The molecule has 0 N–H and O–H groups in total. The van der Waals surface area contributed by atoms with E-state index in [2.05, 4.69) is 4.74 Å². The van der Waals surface area contributed by atoms with E-state index in [9.17, 15) is 9.59 Å². The van der Waals surface area contributed by atoms with Gasteiger partial charge >= 0.3 is 5.97 Å². The van der Waals surface area contributed by atoms with Crippen molar-refractivity contribution in [2.24, 2.45) is 0 Å². The van der Waals surface area contributed by atoms with Crippen LogP contribution in [0.1, 0.15) is 23.6 Å². The van der Waals surface area contributed by atoms with Gasteiger partial charge in [0, 0.05) is 6.42 Å². The van der Waals surface area contributed by atoms with Gasteiger partial charge in [0.1, 0.15) is 5.78 Å². The van der Waals surface area contributed by atoms with E-state index in [-0.39, 0.29) is 18.2 Å². The summed E-state index contributed by atoms with van der Waals surface area (Å²) >= 11 is 0. The lowest BCUT2D eigenvalue weighted by Crippen LogP contribution is -2.06. The Morgan fingerprint density at radius 3 is 2.44 bits per heavy atom. The SMILES string of the molecule is COC(=O)Cc1ccc(CC(C)=O)cc1C. The number of hydrogen-bond acceptors (Lipinski definition) is 3.